The molecule has 1 atom stereocenters. The van der Waals surface area contributed by atoms with E-state index < -0.39 is 0 Å². The molecule has 0 aromatic carbocycles. The first-order valence-corrected chi connectivity index (χ1v) is 5.54. The van der Waals surface area contributed by atoms with E-state index in [1.807, 2.05) is 19.1 Å². The highest BCUT2D eigenvalue weighted by Gasteiger charge is 2.02. The van der Waals surface area contributed by atoms with E-state index in [1.54, 1.807) is 13.3 Å². The SMILES string of the molecule is COc1cccnc1NCCCC(C)Cl. The van der Waals surface area contributed by atoms with E-state index in [0.717, 1.165) is 31.0 Å². The summed E-state index contributed by atoms with van der Waals surface area (Å²) in [5.74, 6) is 1.57. The largest absolute Gasteiger partial charge is 0.493 e. The number of hydrogen-bond donors (Lipinski definition) is 1. The molecular weight excluding hydrogens is 212 g/mol. The van der Waals surface area contributed by atoms with E-state index in [9.17, 15) is 0 Å². The fraction of sp³-hybridized carbons (Fsp3) is 0.545. The number of methoxy groups -OCH3 is 1. The third kappa shape index (κ3) is 4.38. The van der Waals surface area contributed by atoms with Crippen LogP contribution in [0, 0.1) is 0 Å². The second kappa shape index (κ2) is 6.51. The summed E-state index contributed by atoms with van der Waals surface area (Å²) < 4.78 is 5.17. The van der Waals surface area contributed by atoms with Crippen LogP contribution in [0.25, 0.3) is 0 Å². The first kappa shape index (κ1) is 12.1. The number of pyridine rings is 1. The van der Waals surface area contributed by atoms with Crippen molar-refractivity contribution in [3.63, 3.8) is 0 Å². The number of nitrogens with zero attached hydrogens (tertiary/aromatic N) is 1. The minimum atomic E-state index is 0.234. The van der Waals surface area contributed by atoms with Gasteiger partial charge in [0.25, 0.3) is 0 Å². The molecule has 3 nitrogen and oxygen atoms in total. The third-order valence-corrected chi connectivity index (χ3v) is 2.28. The number of alkyl halides is 1. The van der Waals surface area contributed by atoms with Crippen molar-refractivity contribution in [3.05, 3.63) is 18.3 Å². The average molecular weight is 229 g/mol. The van der Waals surface area contributed by atoms with Gasteiger partial charge in [-0.3, -0.25) is 0 Å². The molecule has 4 heteroatoms. The van der Waals surface area contributed by atoms with Gasteiger partial charge < -0.3 is 10.1 Å². The quantitative estimate of drug-likeness (QED) is 0.601. The van der Waals surface area contributed by atoms with Crippen molar-refractivity contribution in [2.24, 2.45) is 0 Å². The maximum Gasteiger partial charge on any atom is 0.168 e. The predicted molar refractivity (Wildman–Crippen MR) is 63.8 cm³/mol. The van der Waals surface area contributed by atoms with Gasteiger partial charge in [-0.05, 0) is 31.9 Å². The second-order valence-corrected chi connectivity index (χ2v) is 4.15. The van der Waals surface area contributed by atoms with Gasteiger partial charge in [-0.1, -0.05) is 0 Å². The van der Waals surface area contributed by atoms with Gasteiger partial charge in [-0.15, -0.1) is 11.6 Å². The molecule has 1 rings (SSSR count). The maximum absolute atomic E-state index is 5.85. The maximum atomic E-state index is 5.85. The molecule has 1 heterocycles. The van der Waals surface area contributed by atoms with Crippen LogP contribution in [0.1, 0.15) is 19.8 Å². The van der Waals surface area contributed by atoms with E-state index in [-0.39, 0.29) is 5.38 Å². The summed E-state index contributed by atoms with van der Waals surface area (Å²) >= 11 is 5.85. The lowest BCUT2D eigenvalue weighted by molar-refractivity contribution is 0.414. The van der Waals surface area contributed by atoms with Crippen molar-refractivity contribution >= 4 is 17.4 Å². The summed E-state index contributed by atoms with van der Waals surface area (Å²) in [5.41, 5.74) is 0. The monoisotopic (exact) mass is 228 g/mol. The predicted octanol–water partition coefficient (Wildman–Crippen LogP) is 2.91. The molecule has 1 aromatic rings. The Bertz CT molecular complexity index is 292. The summed E-state index contributed by atoms with van der Waals surface area (Å²) in [4.78, 5) is 4.20. The fourth-order valence-corrected chi connectivity index (χ4v) is 1.43. The Morgan fingerprint density at radius 1 is 1.60 bits per heavy atom. The number of aromatic nitrogens is 1. The lowest BCUT2D eigenvalue weighted by Crippen LogP contribution is -2.06. The zero-order chi connectivity index (χ0) is 11.1. The van der Waals surface area contributed by atoms with Crippen LogP contribution < -0.4 is 10.1 Å². The molecule has 15 heavy (non-hydrogen) atoms. The summed E-state index contributed by atoms with van der Waals surface area (Å²) in [7, 11) is 1.64. The van der Waals surface area contributed by atoms with Gasteiger partial charge in [0.2, 0.25) is 0 Å². The average Bonchev–Trinajstić information content (AvgIpc) is 2.24. The van der Waals surface area contributed by atoms with Crippen LogP contribution in [-0.2, 0) is 0 Å². The van der Waals surface area contributed by atoms with Gasteiger partial charge in [-0.25, -0.2) is 4.98 Å². The van der Waals surface area contributed by atoms with Gasteiger partial charge >= 0.3 is 0 Å². The van der Waals surface area contributed by atoms with E-state index in [4.69, 9.17) is 16.3 Å². The summed E-state index contributed by atoms with van der Waals surface area (Å²) in [5, 5.41) is 3.46. The van der Waals surface area contributed by atoms with Crippen LogP contribution in [0.3, 0.4) is 0 Å². The molecule has 84 valence electrons. The van der Waals surface area contributed by atoms with Crippen LogP contribution in [-0.4, -0.2) is 24.0 Å². The molecule has 1 aromatic heterocycles. The molecule has 0 aliphatic rings. The summed E-state index contributed by atoms with van der Waals surface area (Å²) in [6.45, 7) is 2.87. The Balaban J connectivity index is 2.36. The lowest BCUT2D eigenvalue weighted by atomic mass is 10.2. The summed E-state index contributed by atoms with van der Waals surface area (Å²) in [6.07, 6.45) is 3.78. The molecule has 0 fully saturated rings. The minimum absolute atomic E-state index is 0.234. The second-order valence-electron chi connectivity index (χ2n) is 3.40. The first-order chi connectivity index (χ1) is 7.24. The number of rotatable bonds is 6. The molecule has 1 unspecified atom stereocenters. The third-order valence-electron chi connectivity index (χ3n) is 2.06. The fourth-order valence-electron chi connectivity index (χ4n) is 1.28. The van der Waals surface area contributed by atoms with Crippen LogP contribution in [0.2, 0.25) is 0 Å². The zero-order valence-electron chi connectivity index (χ0n) is 9.16. The first-order valence-electron chi connectivity index (χ1n) is 5.11. The van der Waals surface area contributed by atoms with Crippen LogP contribution >= 0.6 is 11.6 Å². The molecule has 0 aliphatic carbocycles. The van der Waals surface area contributed by atoms with Gasteiger partial charge in [0.05, 0.1) is 7.11 Å². The molecule has 0 radical (unpaired) electrons. The van der Waals surface area contributed by atoms with Crippen molar-refractivity contribution in [3.8, 4) is 5.75 Å². The topological polar surface area (TPSA) is 34.1 Å². The van der Waals surface area contributed by atoms with Gasteiger partial charge in [0.15, 0.2) is 11.6 Å². The van der Waals surface area contributed by atoms with E-state index in [0.29, 0.717) is 0 Å². The number of ether oxygens (including phenoxy) is 1. The number of nitrogens with one attached hydrogen (secondary N) is 1. The summed E-state index contributed by atoms with van der Waals surface area (Å²) in [6, 6.07) is 3.74. The lowest BCUT2D eigenvalue weighted by Gasteiger charge is -2.09. The van der Waals surface area contributed by atoms with Crippen molar-refractivity contribution in [1.82, 2.24) is 4.98 Å². The van der Waals surface area contributed by atoms with E-state index >= 15 is 0 Å². The standard InChI is InChI=1S/C11H17ClN2O/c1-9(12)5-3-7-13-11-10(15-2)6-4-8-14-11/h4,6,8-9H,3,5,7H2,1-2H3,(H,13,14). The van der Waals surface area contributed by atoms with Gasteiger partial charge in [0, 0.05) is 18.1 Å². The molecule has 0 saturated carbocycles. The Morgan fingerprint density at radius 2 is 2.40 bits per heavy atom. The number of anilines is 1. The Hall–Kier alpha value is -0.960. The Kier molecular flexibility index (Phi) is 5.26. The molecule has 1 N–H and O–H groups in total. The Labute approximate surface area is 95.8 Å². The minimum Gasteiger partial charge on any atom is -0.493 e. The highest BCUT2D eigenvalue weighted by atomic mass is 35.5. The van der Waals surface area contributed by atoms with Crippen molar-refractivity contribution in [1.29, 1.82) is 0 Å². The smallest absolute Gasteiger partial charge is 0.168 e. The Morgan fingerprint density at radius 3 is 3.07 bits per heavy atom. The normalized spacial score (nSPS) is 12.2. The van der Waals surface area contributed by atoms with Crippen molar-refractivity contribution in [2.45, 2.75) is 25.1 Å². The molecule has 0 amide bonds. The molecule has 0 aliphatic heterocycles. The highest BCUT2D eigenvalue weighted by molar-refractivity contribution is 6.20. The molecular formula is C11H17ClN2O. The zero-order valence-corrected chi connectivity index (χ0v) is 9.92. The van der Waals surface area contributed by atoms with Gasteiger partial charge in [0.1, 0.15) is 0 Å². The molecule has 0 saturated heterocycles. The van der Waals surface area contributed by atoms with Crippen molar-refractivity contribution in [2.75, 3.05) is 19.0 Å². The number of halogens is 1. The molecule has 0 bridgehead atoms. The van der Waals surface area contributed by atoms with E-state index in [1.165, 1.54) is 0 Å². The van der Waals surface area contributed by atoms with Crippen LogP contribution in [0.4, 0.5) is 5.82 Å². The number of hydrogen-bond acceptors (Lipinski definition) is 3. The highest BCUT2D eigenvalue weighted by Crippen LogP contribution is 2.19. The van der Waals surface area contributed by atoms with E-state index in [2.05, 4.69) is 10.3 Å². The van der Waals surface area contributed by atoms with Gasteiger partial charge in [-0.2, -0.15) is 0 Å². The van der Waals surface area contributed by atoms with Crippen LogP contribution in [0.15, 0.2) is 18.3 Å². The molecule has 0 spiro atoms. The van der Waals surface area contributed by atoms with Crippen molar-refractivity contribution < 1.29 is 4.74 Å². The van der Waals surface area contributed by atoms with Crippen LogP contribution in [0.5, 0.6) is 5.75 Å².